The zero-order valence-electron chi connectivity index (χ0n) is 10.6. The minimum atomic E-state index is -4.68. The number of ether oxygens (including phenoxy) is 2. The van der Waals surface area contributed by atoms with Gasteiger partial charge in [0.15, 0.2) is 0 Å². The summed E-state index contributed by atoms with van der Waals surface area (Å²) in [6, 6.07) is 6.41. The number of halogens is 4. The predicted molar refractivity (Wildman–Crippen MR) is 65.9 cm³/mol. The molecular weight excluding hydrogens is 378 g/mol. The van der Waals surface area contributed by atoms with Crippen molar-refractivity contribution in [1.82, 2.24) is 0 Å². The van der Waals surface area contributed by atoms with Crippen LogP contribution in [-0.4, -0.2) is 13.0 Å². The van der Waals surface area contributed by atoms with Crippen LogP contribution in [0.15, 0.2) is 18.2 Å². The molecule has 0 N–H and O–H groups in total. The summed E-state index contributed by atoms with van der Waals surface area (Å²) in [5.41, 5.74) is 0. The molecular formula is C12H14BrF3O2Zn. The number of hydrogen-bond donors (Lipinski definition) is 0. The molecule has 0 bridgehead atoms. The van der Waals surface area contributed by atoms with Crippen LogP contribution < -0.4 is 9.47 Å². The maximum atomic E-state index is 12.0. The summed E-state index contributed by atoms with van der Waals surface area (Å²) >= 11 is 4.25. The van der Waals surface area contributed by atoms with Gasteiger partial charge in [0, 0.05) is 11.5 Å². The first-order chi connectivity index (χ1) is 9.01. The fourth-order valence-electron chi connectivity index (χ4n) is 1.24. The van der Waals surface area contributed by atoms with Gasteiger partial charge in [-0.25, -0.2) is 0 Å². The first-order valence-corrected chi connectivity index (χ1v) is 12.6. The van der Waals surface area contributed by atoms with Crippen LogP contribution in [0.5, 0.6) is 11.5 Å². The van der Waals surface area contributed by atoms with E-state index in [1.807, 2.05) is 0 Å². The molecule has 0 saturated carbocycles. The van der Waals surface area contributed by atoms with E-state index in [9.17, 15) is 13.2 Å². The van der Waals surface area contributed by atoms with E-state index in [1.165, 1.54) is 34.5 Å². The van der Waals surface area contributed by atoms with Gasteiger partial charge in [0.2, 0.25) is 0 Å². The molecule has 0 aliphatic carbocycles. The van der Waals surface area contributed by atoms with Gasteiger partial charge in [-0.05, 0) is 6.42 Å². The topological polar surface area (TPSA) is 18.5 Å². The molecule has 7 heteroatoms. The van der Waals surface area contributed by atoms with Gasteiger partial charge < -0.3 is 9.47 Å². The van der Waals surface area contributed by atoms with Crippen molar-refractivity contribution in [2.45, 2.75) is 32.5 Å². The van der Waals surface area contributed by atoms with E-state index in [0.29, 0.717) is 6.61 Å². The Balaban J connectivity index is 0.00000154. The van der Waals surface area contributed by atoms with Gasteiger partial charge >= 0.3 is 36.3 Å². The Morgan fingerprint density at radius 3 is 2.58 bits per heavy atom. The summed E-state index contributed by atoms with van der Waals surface area (Å²) in [6.45, 7) is 2.53. The third kappa shape index (κ3) is 10.2. The molecule has 19 heavy (non-hydrogen) atoms. The second-order valence-corrected chi connectivity index (χ2v) is 3.49. The van der Waals surface area contributed by atoms with Crippen LogP contribution in [0, 0.1) is 6.07 Å². The average molecular weight is 393 g/mol. The van der Waals surface area contributed by atoms with Crippen LogP contribution in [0.25, 0.3) is 0 Å². The van der Waals surface area contributed by atoms with Crippen LogP contribution in [0.1, 0.15) is 26.2 Å². The van der Waals surface area contributed by atoms with E-state index in [-0.39, 0.29) is 11.5 Å². The monoisotopic (exact) mass is 390 g/mol. The van der Waals surface area contributed by atoms with Crippen molar-refractivity contribution < 1.29 is 39.0 Å². The second kappa shape index (κ2) is 10.5. The van der Waals surface area contributed by atoms with Crippen LogP contribution >= 0.6 is 13.6 Å². The molecule has 0 spiro atoms. The number of rotatable bonds is 6. The third-order valence-electron chi connectivity index (χ3n) is 1.99. The van der Waals surface area contributed by atoms with Crippen molar-refractivity contribution in [3.8, 4) is 11.5 Å². The van der Waals surface area contributed by atoms with Gasteiger partial charge in [0.1, 0.15) is 0 Å². The van der Waals surface area contributed by atoms with Crippen molar-refractivity contribution >= 4 is 13.6 Å². The van der Waals surface area contributed by atoms with Crippen LogP contribution in [0.3, 0.4) is 0 Å². The summed E-state index contributed by atoms with van der Waals surface area (Å²) in [6.07, 6.45) is -1.72. The molecule has 0 atom stereocenters. The van der Waals surface area contributed by atoms with E-state index in [1.54, 1.807) is 0 Å². The molecule has 104 valence electrons. The van der Waals surface area contributed by atoms with Crippen LogP contribution in [0.4, 0.5) is 13.2 Å². The Morgan fingerprint density at radius 1 is 1.32 bits per heavy atom. The zero-order valence-corrected chi connectivity index (χ0v) is 15.1. The number of alkyl halides is 3. The van der Waals surface area contributed by atoms with Gasteiger partial charge in [-0.2, -0.15) is 6.07 Å². The van der Waals surface area contributed by atoms with Gasteiger partial charge in [-0.3, -0.25) is 0 Å². The molecule has 0 unspecified atom stereocenters. The normalized spacial score (nSPS) is 10.5. The van der Waals surface area contributed by atoms with E-state index >= 15 is 0 Å². The molecule has 0 aromatic heterocycles. The number of benzene rings is 1. The molecule has 2 nitrogen and oxygen atoms in total. The molecule has 0 fully saturated rings. The number of unbranched alkanes of at least 4 members (excludes halogenated alkanes) is 2. The Labute approximate surface area is 127 Å². The standard InChI is InChI=1S/C12H14F3O2.BrH.Zn/c1-2-3-4-8-16-10-6-5-7-11(9-10)17-12(13,14)15;;/h5,7,9H,2-4,8H2,1H3;1H;/q-1;;+2/p-1. The zero-order chi connectivity index (χ0) is 14.7. The van der Waals surface area contributed by atoms with Crippen molar-refractivity contribution in [3.63, 3.8) is 0 Å². The minimum absolute atomic E-state index is 0.267. The summed E-state index contributed by atoms with van der Waals surface area (Å²) < 4.78 is 44.9. The molecule has 0 amide bonds. The van der Waals surface area contributed by atoms with Crippen molar-refractivity contribution in [1.29, 1.82) is 0 Å². The fraction of sp³-hybridized carbons (Fsp3) is 0.500. The maximum absolute atomic E-state index is 12.0. The summed E-state index contributed by atoms with van der Waals surface area (Å²) in [7, 11) is 0. The Hall–Kier alpha value is -0.287. The first kappa shape index (κ1) is 18.7. The van der Waals surface area contributed by atoms with Gasteiger partial charge in [-0.15, -0.1) is 25.3 Å². The molecule has 0 aliphatic rings. The van der Waals surface area contributed by atoms with E-state index in [4.69, 9.17) is 4.74 Å². The molecule has 0 aliphatic heterocycles. The molecule has 1 rings (SSSR count). The quantitative estimate of drug-likeness (QED) is 0.393. The first-order valence-electron chi connectivity index (χ1n) is 5.68. The Morgan fingerprint density at radius 2 is 2.00 bits per heavy atom. The van der Waals surface area contributed by atoms with Crippen LogP contribution in [0.2, 0.25) is 0 Å². The van der Waals surface area contributed by atoms with E-state index in [2.05, 4.69) is 31.4 Å². The van der Waals surface area contributed by atoms with Gasteiger partial charge in [0.05, 0.1) is 6.61 Å². The van der Waals surface area contributed by atoms with Crippen LogP contribution in [-0.2, 0) is 16.3 Å². The number of hydrogen-bond acceptors (Lipinski definition) is 2. The molecule has 0 heterocycles. The van der Waals surface area contributed by atoms with Crippen molar-refractivity contribution in [2.75, 3.05) is 6.61 Å². The molecule has 1 aromatic carbocycles. The fourth-order valence-corrected chi connectivity index (χ4v) is 1.24. The third-order valence-corrected chi connectivity index (χ3v) is 1.99. The molecule has 0 radical (unpaired) electrons. The predicted octanol–water partition coefficient (Wildman–Crippen LogP) is 4.80. The van der Waals surface area contributed by atoms with Crippen molar-refractivity contribution in [3.05, 3.63) is 24.3 Å². The van der Waals surface area contributed by atoms with E-state index < -0.39 is 6.36 Å². The summed E-state index contributed by atoms with van der Waals surface area (Å²) in [5.74, 6) is -0.0235. The van der Waals surface area contributed by atoms with Gasteiger partial charge in [-0.1, -0.05) is 25.8 Å². The van der Waals surface area contributed by atoms with E-state index in [0.717, 1.165) is 19.3 Å². The second-order valence-electron chi connectivity index (χ2n) is 3.49. The molecule has 1 aromatic rings. The SMILES string of the molecule is CCCCCOc1[c-]ccc(OC(F)(F)F)c1.[Zn+][Br]. The van der Waals surface area contributed by atoms with Crippen molar-refractivity contribution in [2.24, 2.45) is 0 Å². The Bertz CT molecular complexity index is 348. The summed E-state index contributed by atoms with van der Waals surface area (Å²) in [4.78, 5) is 0. The molecule has 0 saturated heterocycles. The Kier molecular flexibility index (Phi) is 10.3. The summed E-state index contributed by atoms with van der Waals surface area (Å²) in [5, 5.41) is 0. The average Bonchev–Trinajstić information content (AvgIpc) is 2.36. The van der Waals surface area contributed by atoms with Gasteiger partial charge in [0.25, 0.3) is 0 Å².